The summed E-state index contributed by atoms with van der Waals surface area (Å²) < 4.78 is 2.97. The summed E-state index contributed by atoms with van der Waals surface area (Å²) in [5, 5.41) is 0. The van der Waals surface area contributed by atoms with Gasteiger partial charge in [-0.15, -0.1) is 11.6 Å². The average molecular weight is 352 g/mol. The summed E-state index contributed by atoms with van der Waals surface area (Å²) in [6, 6.07) is 3.96. The summed E-state index contributed by atoms with van der Waals surface area (Å²) in [5.41, 5.74) is 4.03. The summed E-state index contributed by atoms with van der Waals surface area (Å²) in [7, 11) is 0. The van der Waals surface area contributed by atoms with Crippen LogP contribution in [0.4, 0.5) is 0 Å². The van der Waals surface area contributed by atoms with Crippen LogP contribution in [0, 0.1) is 6.92 Å². The highest BCUT2D eigenvalue weighted by atomic mass is 79.9. The molecule has 0 aromatic carbocycles. The van der Waals surface area contributed by atoms with Gasteiger partial charge in [-0.1, -0.05) is 0 Å². The number of aryl methyl sites for hydroxylation is 1. The first-order chi connectivity index (χ1) is 9.69. The van der Waals surface area contributed by atoms with Crippen LogP contribution in [0.1, 0.15) is 17.0 Å². The number of alkyl halides is 1. The fraction of sp³-hybridized carbons (Fsp3) is 0.214. The second-order valence-corrected chi connectivity index (χ2v) is 5.73. The van der Waals surface area contributed by atoms with Crippen molar-refractivity contribution in [3.8, 4) is 0 Å². The first-order valence-electron chi connectivity index (χ1n) is 6.15. The molecule has 3 aromatic rings. The van der Waals surface area contributed by atoms with Gasteiger partial charge in [0.1, 0.15) is 11.3 Å². The normalized spacial score (nSPS) is 11.2. The lowest BCUT2D eigenvalue weighted by molar-refractivity contribution is 0.764. The summed E-state index contributed by atoms with van der Waals surface area (Å²) in [6.45, 7) is 2.74. The van der Waals surface area contributed by atoms with E-state index in [1.807, 2.05) is 25.3 Å². The van der Waals surface area contributed by atoms with Crippen LogP contribution in [-0.2, 0) is 12.4 Å². The Hall–Kier alpha value is -1.46. The number of imidazole rings is 1. The number of aromatic nitrogens is 4. The van der Waals surface area contributed by atoms with Gasteiger partial charge in [0.05, 0.1) is 12.4 Å². The van der Waals surface area contributed by atoms with Crippen molar-refractivity contribution in [1.82, 2.24) is 19.5 Å². The number of rotatable bonds is 3. The van der Waals surface area contributed by atoms with E-state index in [1.165, 1.54) is 5.56 Å². The lowest BCUT2D eigenvalue weighted by Crippen LogP contribution is -2.06. The van der Waals surface area contributed by atoms with E-state index in [4.69, 9.17) is 11.6 Å². The largest absolute Gasteiger partial charge is 0.307 e. The van der Waals surface area contributed by atoms with Gasteiger partial charge in [-0.05, 0) is 46.1 Å². The maximum Gasteiger partial charge on any atom is 0.160 e. The van der Waals surface area contributed by atoms with Crippen molar-refractivity contribution in [2.24, 2.45) is 0 Å². The van der Waals surface area contributed by atoms with Gasteiger partial charge >= 0.3 is 0 Å². The Balaban J connectivity index is 2.12. The number of fused-ring (bicyclic) bond motifs is 1. The summed E-state index contributed by atoms with van der Waals surface area (Å²) in [5.74, 6) is 1.18. The zero-order chi connectivity index (χ0) is 14.1. The minimum Gasteiger partial charge on any atom is -0.307 e. The van der Waals surface area contributed by atoms with Crippen LogP contribution < -0.4 is 0 Å². The first kappa shape index (κ1) is 13.5. The molecule has 6 heteroatoms. The second-order valence-electron chi connectivity index (χ2n) is 4.55. The van der Waals surface area contributed by atoms with Gasteiger partial charge in [-0.2, -0.15) is 0 Å². The zero-order valence-electron chi connectivity index (χ0n) is 10.8. The van der Waals surface area contributed by atoms with Crippen LogP contribution in [0.25, 0.3) is 11.2 Å². The van der Waals surface area contributed by atoms with Gasteiger partial charge in [-0.25, -0.2) is 9.97 Å². The molecular weight excluding hydrogens is 340 g/mol. The van der Waals surface area contributed by atoms with Crippen LogP contribution in [-0.4, -0.2) is 19.5 Å². The minimum atomic E-state index is 0.359. The fourth-order valence-electron chi connectivity index (χ4n) is 2.15. The van der Waals surface area contributed by atoms with Crippen LogP contribution in [0.15, 0.2) is 35.2 Å². The van der Waals surface area contributed by atoms with E-state index in [0.29, 0.717) is 12.4 Å². The number of hydrogen-bond donors (Lipinski definition) is 0. The van der Waals surface area contributed by atoms with Crippen molar-refractivity contribution < 1.29 is 0 Å². The van der Waals surface area contributed by atoms with Gasteiger partial charge in [0.15, 0.2) is 5.65 Å². The molecule has 0 N–H and O–H groups in total. The van der Waals surface area contributed by atoms with E-state index >= 15 is 0 Å². The molecule has 0 atom stereocenters. The maximum absolute atomic E-state index is 6.01. The third-order valence-corrected chi connectivity index (χ3v) is 3.89. The quantitative estimate of drug-likeness (QED) is 0.676. The highest BCUT2D eigenvalue weighted by Gasteiger charge is 2.12. The van der Waals surface area contributed by atoms with Crippen molar-refractivity contribution in [3.63, 3.8) is 0 Å². The first-order valence-corrected chi connectivity index (χ1v) is 7.48. The maximum atomic E-state index is 6.01. The molecular formula is C14H12BrClN4. The molecule has 4 nitrogen and oxygen atoms in total. The van der Waals surface area contributed by atoms with Crippen molar-refractivity contribution >= 4 is 38.7 Å². The monoisotopic (exact) mass is 350 g/mol. The minimum absolute atomic E-state index is 0.359. The van der Waals surface area contributed by atoms with Gasteiger partial charge in [-0.3, -0.25) is 4.98 Å². The molecule has 0 aliphatic heterocycles. The van der Waals surface area contributed by atoms with Crippen molar-refractivity contribution in [1.29, 1.82) is 0 Å². The molecule has 0 amide bonds. The van der Waals surface area contributed by atoms with Gasteiger partial charge in [0.25, 0.3) is 0 Å². The lowest BCUT2D eigenvalue weighted by Gasteiger charge is -2.09. The molecule has 0 aliphatic rings. The van der Waals surface area contributed by atoms with Crippen molar-refractivity contribution in [3.05, 3.63) is 52.1 Å². The second kappa shape index (κ2) is 5.50. The smallest absolute Gasteiger partial charge is 0.160 e. The molecule has 0 spiro atoms. The van der Waals surface area contributed by atoms with Gasteiger partial charge in [0.2, 0.25) is 0 Å². The van der Waals surface area contributed by atoms with Crippen LogP contribution in [0.3, 0.4) is 0 Å². The molecule has 20 heavy (non-hydrogen) atoms. The topological polar surface area (TPSA) is 43.6 Å². The van der Waals surface area contributed by atoms with Crippen LogP contribution >= 0.6 is 27.5 Å². The predicted octanol–water partition coefficient (Wildman–Crippen LogP) is 3.68. The zero-order valence-corrected chi connectivity index (χ0v) is 13.2. The molecule has 3 heterocycles. The summed E-state index contributed by atoms with van der Waals surface area (Å²) in [4.78, 5) is 13.1. The van der Waals surface area contributed by atoms with E-state index < -0.39 is 0 Å². The third-order valence-electron chi connectivity index (χ3n) is 3.22. The number of hydrogen-bond acceptors (Lipinski definition) is 3. The number of nitrogens with zero attached hydrogens (tertiary/aromatic N) is 4. The van der Waals surface area contributed by atoms with E-state index in [1.54, 1.807) is 12.4 Å². The average Bonchev–Trinajstić information content (AvgIpc) is 2.78. The molecule has 0 saturated heterocycles. The van der Waals surface area contributed by atoms with Crippen molar-refractivity contribution in [2.75, 3.05) is 0 Å². The predicted molar refractivity (Wildman–Crippen MR) is 82.9 cm³/mol. The highest BCUT2D eigenvalue weighted by Crippen LogP contribution is 2.21. The van der Waals surface area contributed by atoms with Gasteiger partial charge in [0, 0.05) is 23.1 Å². The van der Waals surface area contributed by atoms with E-state index in [-0.39, 0.29) is 0 Å². The molecule has 3 aromatic heterocycles. The Morgan fingerprint density at radius 2 is 2.20 bits per heavy atom. The molecule has 0 unspecified atom stereocenters. The van der Waals surface area contributed by atoms with Crippen LogP contribution in [0.2, 0.25) is 0 Å². The Morgan fingerprint density at radius 1 is 1.35 bits per heavy atom. The fourth-order valence-corrected chi connectivity index (χ4v) is 2.67. The molecule has 102 valence electrons. The lowest BCUT2D eigenvalue weighted by atomic mass is 10.1. The molecule has 0 bridgehead atoms. The summed E-state index contributed by atoms with van der Waals surface area (Å²) in [6.07, 6.45) is 5.43. The standard InChI is InChI=1S/C14H12BrClN4/c1-9-6-17-3-2-10(9)8-20-13(5-16)19-12-4-11(15)7-18-14(12)20/h2-4,6-7H,5,8H2,1H3. The molecule has 0 aliphatic carbocycles. The number of halogens is 2. The Kier molecular flexibility index (Phi) is 3.72. The molecule has 0 saturated carbocycles. The molecule has 0 fully saturated rings. The van der Waals surface area contributed by atoms with Crippen molar-refractivity contribution in [2.45, 2.75) is 19.3 Å². The number of pyridine rings is 2. The Bertz CT molecular complexity index is 769. The Labute approximate surface area is 130 Å². The third kappa shape index (κ3) is 2.43. The highest BCUT2D eigenvalue weighted by molar-refractivity contribution is 9.10. The van der Waals surface area contributed by atoms with Crippen LogP contribution in [0.5, 0.6) is 0 Å². The van der Waals surface area contributed by atoms with E-state index in [9.17, 15) is 0 Å². The van der Waals surface area contributed by atoms with E-state index in [2.05, 4.69) is 35.4 Å². The molecule has 3 rings (SSSR count). The SMILES string of the molecule is Cc1cnccc1Cn1c(CCl)nc2cc(Br)cnc21. The molecule has 0 radical (unpaired) electrons. The summed E-state index contributed by atoms with van der Waals surface area (Å²) >= 11 is 9.43. The van der Waals surface area contributed by atoms with E-state index in [0.717, 1.165) is 27.0 Å². The Morgan fingerprint density at radius 3 is 2.95 bits per heavy atom. The van der Waals surface area contributed by atoms with Gasteiger partial charge < -0.3 is 4.57 Å².